The van der Waals surface area contributed by atoms with E-state index in [2.05, 4.69) is 12.6 Å². The van der Waals surface area contributed by atoms with Crippen LogP contribution in [0.5, 0.6) is 0 Å². The Bertz CT molecular complexity index is 484. The molecule has 2 aromatic carbocycles. The van der Waals surface area contributed by atoms with Crippen molar-refractivity contribution in [2.45, 2.75) is 11.8 Å². The molecular formula is C14H13NS. The number of rotatable bonds is 2. The Labute approximate surface area is 101 Å². The van der Waals surface area contributed by atoms with Crippen LogP contribution in [0.4, 0.5) is 0 Å². The number of hydrogen-bond acceptors (Lipinski definition) is 2. The predicted octanol–water partition coefficient (Wildman–Crippen LogP) is 3.70. The predicted molar refractivity (Wildman–Crippen MR) is 70.8 cm³/mol. The normalized spacial score (nSPS) is 10.1. The van der Waals surface area contributed by atoms with Crippen molar-refractivity contribution in [1.29, 1.82) is 5.41 Å². The molecule has 0 saturated carbocycles. The second kappa shape index (κ2) is 4.54. The molecule has 0 aliphatic heterocycles. The van der Waals surface area contributed by atoms with Crippen molar-refractivity contribution in [2.24, 2.45) is 0 Å². The molecule has 0 heterocycles. The maximum absolute atomic E-state index is 8.20. The van der Waals surface area contributed by atoms with Crippen LogP contribution < -0.4 is 0 Å². The van der Waals surface area contributed by atoms with E-state index in [0.29, 0.717) is 5.71 Å². The minimum absolute atomic E-state index is 0.531. The Hall–Kier alpha value is -1.54. The van der Waals surface area contributed by atoms with Crippen LogP contribution in [0.1, 0.15) is 16.7 Å². The molecule has 0 aromatic heterocycles. The lowest BCUT2D eigenvalue weighted by atomic mass is 9.98. The largest absolute Gasteiger partial charge is 0.300 e. The molecule has 0 fully saturated rings. The van der Waals surface area contributed by atoms with Gasteiger partial charge < -0.3 is 0 Å². The molecule has 0 amide bonds. The van der Waals surface area contributed by atoms with Crippen molar-refractivity contribution in [2.75, 3.05) is 0 Å². The van der Waals surface area contributed by atoms with Crippen LogP contribution in [0.25, 0.3) is 0 Å². The van der Waals surface area contributed by atoms with Crippen molar-refractivity contribution >= 4 is 18.3 Å². The third-order valence-electron chi connectivity index (χ3n) is 2.59. The Balaban J connectivity index is 2.48. The lowest BCUT2D eigenvalue weighted by molar-refractivity contribution is 1.35. The van der Waals surface area contributed by atoms with Gasteiger partial charge in [0.05, 0.1) is 5.71 Å². The highest BCUT2D eigenvalue weighted by atomic mass is 32.1. The number of nitrogens with one attached hydrogen (secondary N) is 1. The summed E-state index contributed by atoms with van der Waals surface area (Å²) in [6, 6.07) is 15.6. The van der Waals surface area contributed by atoms with Gasteiger partial charge in [0, 0.05) is 16.0 Å². The molecule has 1 nitrogen and oxygen atoms in total. The van der Waals surface area contributed by atoms with Gasteiger partial charge in [-0.25, -0.2) is 0 Å². The average Bonchev–Trinajstić information content (AvgIpc) is 2.29. The van der Waals surface area contributed by atoms with Crippen LogP contribution in [0.2, 0.25) is 0 Å². The van der Waals surface area contributed by atoms with Crippen LogP contribution in [-0.4, -0.2) is 5.71 Å². The summed E-state index contributed by atoms with van der Waals surface area (Å²) in [4.78, 5) is 0.843. The molecule has 1 N–H and O–H groups in total. The van der Waals surface area contributed by atoms with Crippen LogP contribution in [-0.2, 0) is 0 Å². The van der Waals surface area contributed by atoms with E-state index in [1.54, 1.807) is 0 Å². The number of hydrogen-bond donors (Lipinski definition) is 2. The zero-order valence-corrected chi connectivity index (χ0v) is 9.96. The van der Waals surface area contributed by atoms with Gasteiger partial charge >= 0.3 is 0 Å². The summed E-state index contributed by atoms with van der Waals surface area (Å²) in [5.74, 6) is 0. The third kappa shape index (κ3) is 2.02. The van der Waals surface area contributed by atoms with E-state index >= 15 is 0 Å². The maximum atomic E-state index is 8.20. The highest BCUT2D eigenvalue weighted by Gasteiger charge is 2.09. The number of thiol groups is 1. The standard InChI is InChI=1S/C14H13NS/c1-10-6-2-3-7-11(10)14(15)12-8-4-5-9-13(12)16/h2-9,15-16H,1H3. The first kappa shape index (κ1) is 11.0. The summed E-state index contributed by atoms with van der Waals surface area (Å²) < 4.78 is 0. The molecule has 0 aliphatic carbocycles. The van der Waals surface area contributed by atoms with Crippen molar-refractivity contribution < 1.29 is 0 Å². The van der Waals surface area contributed by atoms with E-state index < -0.39 is 0 Å². The van der Waals surface area contributed by atoms with Crippen molar-refractivity contribution in [3.8, 4) is 0 Å². The molecule has 2 heteroatoms. The summed E-state index contributed by atoms with van der Waals surface area (Å²) in [7, 11) is 0. The Morgan fingerprint density at radius 3 is 2.12 bits per heavy atom. The van der Waals surface area contributed by atoms with E-state index in [1.807, 2.05) is 55.5 Å². The van der Waals surface area contributed by atoms with Crippen molar-refractivity contribution in [3.05, 3.63) is 65.2 Å². The first-order chi connectivity index (χ1) is 7.70. The fourth-order valence-corrected chi connectivity index (χ4v) is 1.96. The maximum Gasteiger partial charge on any atom is 0.0698 e. The lowest BCUT2D eigenvalue weighted by Gasteiger charge is -2.09. The fourth-order valence-electron chi connectivity index (χ4n) is 1.68. The molecule has 0 bridgehead atoms. The van der Waals surface area contributed by atoms with Gasteiger partial charge in [-0.3, -0.25) is 5.41 Å². The van der Waals surface area contributed by atoms with E-state index in [9.17, 15) is 0 Å². The molecule has 2 rings (SSSR count). The Morgan fingerprint density at radius 2 is 1.50 bits per heavy atom. The summed E-state index contributed by atoms with van der Waals surface area (Å²) in [5, 5.41) is 8.20. The SMILES string of the molecule is Cc1ccccc1C(=N)c1ccccc1S. The van der Waals surface area contributed by atoms with Gasteiger partial charge in [0.2, 0.25) is 0 Å². The smallest absolute Gasteiger partial charge is 0.0698 e. The van der Waals surface area contributed by atoms with Gasteiger partial charge in [0.1, 0.15) is 0 Å². The van der Waals surface area contributed by atoms with Gasteiger partial charge in [0.25, 0.3) is 0 Å². The van der Waals surface area contributed by atoms with E-state index in [0.717, 1.165) is 21.6 Å². The lowest BCUT2D eigenvalue weighted by Crippen LogP contribution is -2.04. The summed E-state index contributed by atoms with van der Waals surface area (Å²) >= 11 is 4.38. The summed E-state index contributed by atoms with van der Waals surface area (Å²) in [6.45, 7) is 2.02. The van der Waals surface area contributed by atoms with Gasteiger partial charge in [-0.2, -0.15) is 0 Å². The third-order valence-corrected chi connectivity index (χ3v) is 2.98. The fraction of sp³-hybridized carbons (Fsp3) is 0.0714. The van der Waals surface area contributed by atoms with E-state index in [4.69, 9.17) is 5.41 Å². The Kier molecular flexibility index (Phi) is 3.11. The van der Waals surface area contributed by atoms with Crippen LogP contribution in [0.3, 0.4) is 0 Å². The first-order valence-corrected chi connectivity index (χ1v) is 5.58. The summed E-state index contributed by atoms with van der Waals surface area (Å²) in [5.41, 5.74) is 3.48. The van der Waals surface area contributed by atoms with Crippen molar-refractivity contribution in [3.63, 3.8) is 0 Å². The van der Waals surface area contributed by atoms with Crippen LogP contribution >= 0.6 is 12.6 Å². The van der Waals surface area contributed by atoms with E-state index in [-0.39, 0.29) is 0 Å². The molecule has 80 valence electrons. The highest BCUT2D eigenvalue weighted by Crippen LogP contribution is 2.19. The molecule has 0 spiro atoms. The molecule has 0 saturated heterocycles. The zero-order valence-electron chi connectivity index (χ0n) is 9.07. The number of aryl methyl sites for hydroxylation is 1. The zero-order chi connectivity index (χ0) is 11.5. The van der Waals surface area contributed by atoms with Gasteiger partial charge in [0.15, 0.2) is 0 Å². The monoisotopic (exact) mass is 227 g/mol. The molecule has 0 unspecified atom stereocenters. The molecule has 0 aliphatic rings. The molecule has 2 aromatic rings. The molecule has 0 atom stereocenters. The van der Waals surface area contributed by atoms with Crippen LogP contribution in [0, 0.1) is 12.3 Å². The quantitative estimate of drug-likeness (QED) is 0.577. The molecular weight excluding hydrogens is 214 g/mol. The minimum Gasteiger partial charge on any atom is -0.300 e. The van der Waals surface area contributed by atoms with Crippen molar-refractivity contribution in [1.82, 2.24) is 0 Å². The minimum atomic E-state index is 0.531. The number of benzene rings is 2. The second-order valence-corrected chi connectivity index (χ2v) is 4.19. The van der Waals surface area contributed by atoms with Gasteiger partial charge in [-0.1, -0.05) is 42.5 Å². The molecule has 16 heavy (non-hydrogen) atoms. The highest BCUT2D eigenvalue weighted by molar-refractivity contribution is 7.80. The Morgan fingerprint density at radius 1 is 0.938 bits per heavy atom. The summed E-state index contributed by atoms with van der Waals surface area (Å²) in [6.07, 6.45) is 0. The van der Waals surface area contributed by atoms with Crippen LogP contribution in [0.15, 0.2) is 53.4 Å². The first-order valence-electron chi connectivity index (χ1n) is 5.13. The molecule has 0 radical (unpaired) electrons. The van der Waals surface area contributed by atoms with E-state index in [1.165, 1.54) is 0 Å². The van der Waals surface area contributed by atoms with Gasteiger partial charge in [-0.05, 0) is 18.6 Å². The average molecular weight is 227 g/mol. The topological polar surface area (TPSA) is 23.9 Å². The second-order valence-electron chi connectivity index (χ2n) is 3.71. The van der Waals surface area contributed by atoms with Gasteiger partial charge in [-0.15, -0.1) is 12.6 Å².